The number of hydrazone groups is 1. The average Bonchev–Trinajstić information content (AvgIpc) is 2.52. The summed E-state index contributed by atoms with van der Waals surface area (Å²) in [6.45, 7) is 1.53. The van der Waals surface area contributed by atoms with E-state index in [1.54, 1.807) is 24.3 Å². The van der Waals surface area contributed by atoms with Crippen LogP contribution in [0.5, 0.6) is 5.75 Å². The second-order valence-electron chi connectivity index (χ2n) is 4.55. The van der Waals surface area contributed by atoms with E-state index < -0.39 is 22.3 Å². The van der Waals surface area contributed by atoms with Gasteiger partial charge in [0, 0.05) is 16.1 Å². The molecule has 0 aliphatic carbocycles. The van der Waals surface area contributed by atoms with Gasteiger partial charge in [-0.15, -0.1) is 0 Å². The molecule has 1 amide bonds. The van der Waals surface area contributed by atoms with Crippen LogP contribution in [0.3, 0.4) is 0 Å². The minimum Gasteiger partial charge on any atom is -0.502 e. The summed E-state index contributed by atoms with van der Waals surface area (Å²) < 4.78 is 0.614. The van der Waals surface area contributed by atoms with Crippen LogP contribution in [-0.4, -0.2) is 21.6 Å². The lowest BCUT2D eigenvalue weighted by molar-refractivity contribution is -0.385. The molecular weight excluding hydrogens is 366 g/mol. The summed E-state index contributed by atoms with van der Waals surface area (Å²) in [6.07, 6.45) is 0. The zero-order chi connectivity index (χ0) is 17.0. The van der Waals surface area contributed by atoms with Crippen LogP contribution in [0.2, 0.25) is 0 Å². The number of aromatic hydroxyl groups is 1. The van der Waals surface area contributed by atoms with Crippen molar-refractivity contribution in [3.63, 3.8) is 0 Å². The molecule has 0 unspecified atom stereocenters. The number of nitrogens with one attached hydrogen (secondary N) is 1. The van der Waals surface area contributed by atoms with Crippen LogP contribution in [0, 0.1) is 10.1 Å². The Morgan fingerprint density at radius 1 is 1.22 bits per heavy atom. The number of phenolic OH excluding ortho intramolecular Hbond substituents is 1. The molecule has 0 heterocycles. The van der Waals surface area contributed by atoms with Gasteiger partial charge in [-0.25, -0.2) is 5.43 Å². The average molecular weight is 378 g/mol. The Morgan fingerprint density at radius 2 is 1.87 bits per heavy atom. The topological polar surface area (TPSA) is 105 Å². The number of carbonyl (C=O) groups excluding carboxylic acids is 1. The van der Waals surface area contributed by atoms with E-state index in [1.165, 1.54) is 25.1 Å². The molecule has 0 bridgehead atoms. The number of para-hydroxylation sites is 1. The Kier molecular flexibility index (Phi) is 5.07. The van der Waals surface area contributed by atoms with E-state index in [0.717, 1.165) is 0 Å². The maximum atomic E-state index is 12.0. The number of amides is 1. The Bertz CT molecular complexity index is 805. The molecule has 0 saturated heterocycles. The lowest BCUT2D eigenvalue weighted by Gasteiger charge is -2.06. The number of benzene rings is 2. The van der Waals surface area contributed by atoms with Crippen LogP contribution in [0.15, 0.2) is 52.0 Å². The van der Waals surface area contributed by atoms with Crippen molar-refractivity contribution in [2.75, 3.05) is 0 Å². The SMILES string of the molecule is C/C(=N\NC(=O)c1ccccc1Br)c1cccc([N+](=O)[O-])c1O. The van der Waals surface area contributed by atoms with Crippen molar-refractivity contribution in [3.8, 4) is 5.75 Å². The molecule has 2 N–H and O–H groups in total. The smallest absolute Gasteiger partial charge is 0.311 e. The molecular formula is C15H12BrN3O4. The lowest BCUT2D eigenvalue weighted by Crippen LogP contribution is -2.19. The highest BCUT2D eigenvalue weighted by Crippen LogP contribution is 2.29. The third kappa shape index (κ3) is 3.72. The van der Waals surface area contributed by atoms with Crippen LogP contribution >= 0.6 is 15.9 Å². The van der Waals surface area contributed by atoms with Crippen LogP contribution in [0.1, 0.15) is 22.8 Å². The molecule has 8 heteroatoms. The summed E-state index contributed by atoms with van der Waals surface area (Å²) in [6, 6.07) is 10.9. The molecule has 2 aromatic carbocycles. The van der Waals surface area contributed by atoms with Gasteiger partial charge in [-0.2, -0.15) is 5.10 Å². The summed E-state index contributed by atoms with van der Waals surface area (Å²) in [7, 11) is 0. The first-order valence-corrected chi connectivity index (χ1v) is 7.27. The second kappa shape index (κ2) is 7.01. The first kappa shape index (κ1) is 16.6. The number of hydrogen-bond donors (Lipinski definition) is 2. The lowest BCUT2D eigenvalue weighted by atomic mass is 10.1. The standard InChI is InChI=1S/C15H12BrN3O4/c1-9(10-6-4-8-13(14(10)20)19(22)23)17-18-15(21)11-5-2-3-7-12(11)16/h2-8,20H,1H3,(H,18,21)/b17-9+. The molecule has 0 saturated carbocycles. The van der Waals surface area contributed by atoms with E-state index in [0.29, 0.717) is 10.0 Å². The molecule has 7 nitrogen and oxygen atoms in total. The highest BCUT2D eigenvalue weighted by molar-refractivity contribution is 9.10. The van der Waals surface area contributed by atoms with E-state index in [9.17, 15) is 20.0 Å². The molecule has 0 fully saturated rings. The van der Waals surface area contributed by atoms with Crippen LogP contribution in [-0.2, 0) is 0 Å². The fraction of sp³-hybridized carbons (Fsp3) is 0.0667. The van der Waals surface area contributed by atoms with Gasteiger partial charge in [0.25, 0.3) is 5.91 Å². The highest BCUT2D eigenvalue weighted by Gasteiger charge is 2.18. The van der Waals surface area contributed by atoms with Gasteiger partial charge in [0.2, 0.25) is 5.75 Å². The Labute approximate surface area is 139 Å². The van der Waals surface area contributed by atoms with Gasteiger partial charge in [-0.3, -0.25) is 14.9 Å². The quantitative estimate of drug-likeness (QED) is 0.484. The predicted molar refractivity (Wildman–Crippen MR) is 88.6 cm³/mol. The molecule has 2 aromatic rings. The monoisotopic (exact) mass is 377 g/mol. The molecule has 0 aliphatic rings. The molecule has 0 aliphatic heterocycles. The Hall–Kier alpha value is -2.74. The van der Waals surface area contributed by atoms with Crippen molar-refractivity contribution in [2.45, 2.75) is 6.92 Å². The summed E-state index contributed by atoms with van der Waals surface area (Å²) >= 11 is 3.26. The molecule has 118 valence electrons. The Morgan fingerprint density at radius 3 is 2.52 bits per heavy atom. The number of nitro benzene ring substituents is 1. The highest BCUT2D eigenvalue weighted by atomic mass is 79.9. The number of carbonyl (C=O) groups is 1. The van der Waals surface area contributed by atoms with E-state index >= 15 is 0 Å². The molecule has 0 spiro atoms. The summed E-state index contributed by atoms with van der Waals surface area (Å²) in [5, 5.41) is 24.6. The van der Waals surface area contributed by atoms with Crippen LogP contribution in [0.25, 0.3) is 0 Å². The first-order chi connectivity index (χ1) is 10.9. The van der Waals surface area contributed by atoms with Crippen LogP contribution in [0.4, 0.5) is 5.69 Å². The maximum Gasteiger partial charge on any atom is 0.311 e. The van der Waals surface area contributed by atoms with E-state index in [1.807, 2.05) is 0 Å². The fourth-order valence-electron chi connectivity index (χ4n) is 1.87. The number of nitro groups is 1. The molecule has 0 aromatic heterocycles. The number of hydrogen-bond acceptors (Lipinski definition) is 5. The molecule has 0 radical (unpaired) electrons. The number of rotatable bonds is 4. The van der Waals surface area contributed by atoms with Gasteiger partial charge in [0.15, 0.2) is 0 Å². The van der Waals surface area contributed by atoms with Crippen molar-refractivity contribution in [1.82, 2.24) is 5.43 Å². The van der Waals surface area contributed by atoms with Gasteiger partial charge >= 0.3 is 5.69 Å². The van der Waals surface area contributed by atoms with Gasteiger partial charge in [0.05, 0.1) is 16.2 Å². The van der Waals surface area contributed by atoms with Gasteiger partial charge in [0.1, 0.15) is 0 Å². The largest absolute Gasteiger partial charge is 0.502 e. The third-order valence-corrected chi connectivity index (χ3v) is 3.74. The van der Waals surface area contributed by atoms with Crippen LogP contribution < -0.4 is 5.43 Å². The van der Waals surface area contributed by atoms with Crippen molar-refractivity contribution in [1.29, 1.82) is 0 Å². The zero-order valence-corrected chi connectivity index (χ0v) is 13.6. The summed E-state index contributed by atoms with van der Waals surface area (Å²) in [5.74, 6) is -0.935. The van der Waals surface area contributed by atoms with Crippen molar-refractivity contribution < 1.29 is 14.8 Å². The van der Waals surface area contributed by atoms with Gasteiger partial charge in [-0.05, 0) is 41.1 Å². The van der Waals surface area contributed by atoms with Gasteiger partial charge in [-0.1, -0.05) is 18.2 Å². The second-order valence-corrected chi connectivity index (χ2v) is 5.40. The number of phenols is 1. The summed E-state index contributed by atoms with van der Waals surface area (Å²) in [5.41, 5.74) is 2.74. The zero-order valence-electron chi connectivity index (χ0n) is 12.0. The van der Waals surface area contributed by atoms with Crippen molar-refractivity contribution in [3.05, 3.63) is 68.2 Å². The van der Waals surface area contributed by atoms with Gasteiger partial charge < -0.3 is 5.11 Å². The minimum atomic E-state index is -0.689. The first-order valence-electron chi connectivity index (χ1n) is 6.47. The molecule has 2 rings (SSSR count). The predicted octanol–water partition coefficient (Wildman–Crippen LogP) is 3.22. The van der Waals surface area contributed by atoms with E-state index in [4.69, 9.17) is 0 Å². The Balaban J connectivity index is 2.24. The normalized spacial score (nSPS) is 11.1. The van der Waals surface area contributed by atoms with E-state index in [2.05, 4.69) is 26.5 Å². The van der Waals surface area contributed by atoms with E-state index in [-0.39, 0.29) is 11.3 Å². The molecule has 23 heavy (non-hydrogen) atoms. The fourth-order valence-corrected chi connectivity index (χ4v) is 2.34. The molecule has 0 atom stereocenters. The number of halogens is 1. The number of nitrogens with zero attached hydrogens (tertiary/aromatic N) is 2. The summed E-state index contributed by atoms with van der Waals surface area (Å²) in [4.78, 5) is 22.2. The van der Waals surface area contributed by atoms with Crippen molar-refractivity contribution >= 4 is 33.2 Å². The maximum absolute atomic E-state index is 12.0. The van der Waals surface area contributed by atoms with Crippen molar-refractivity contribution in [2.24, 2.45) is 5.10 Å². The minimum absolute atomic E-state index is 0.173. The third-order valence-electron chi connectivity index (χ3n) is 3.04.